The molecule has 20 heavy (non-hydrogen) atoms. The smallest absolute Gasteiger partial charge is 0.275 e. The minimum atomic E-state index is -0.184. The fourth-order valence-corrected chi connectivity index (χ4v) is 2.84. The number of halogens is 2. The molecule has 1 aliphatic heterocycles. The highest BCUT2D eigenvalue weighted by Gasteiger charge is 2.27. The first-order valence-corrected chi connectivity index (χ1v) is 7.18. The SMILES string of the molecule is Cc1cc(Br)cc2c1NC(=O)C2=Nc1ccc(Cl)cc1. The molecule has 0 radical (unpaired) electrons. The van der Waals surface area contributed by atoms with Crippen molar-refractivity contribution >= 4 is 50.5 Å². The van der Waals surface area contributed by atoms with Crippen LogP contribution in [0.3, 0.4) is 0 Å². The predicted octanol–water partition coefficient (Wildman–Crippen LogP) is 4.48. The Kier molecular flexibility index (Phi) is 3.36. The lowest BCUT2D eigenvalue weighted by Crippen LogP contribution is -2.13. The third-order valence-electron chi connectivity index (χ3n) is 3.08. The average molecular weight is 350 g/mol. The Morgan fingerprint density at radius 3 is 2.60 bits per heavy atom. The second-order valence-corrected chi connectivity index (χ2v) is 5.89. The Balaban J connectivity index is 2.12. The molecule has 0 bridgehead atoms. The molecule has 2 aromatic carbocycles. The highest BCUT2D eigenvalue weighted by Crippen LogP contribution is 2.32. The van der Waals surface area contributed by atoms with Crippen LogP contribution in [0.25, 0.3) is 0 Å². The number of fused-ring (bicyclic) bond motifs is 1. The van der Waals surface area contributed by atoms with Crippen molar-refractivity contribution in [2.24, 2.45) is 4.99 Å². The van der Waals surface area contributed by atoms with Crippen LogP contribution in [0.15, 0.2) is 45.9 Å². The van der Waals surface area contributed by atoms with Crippen LogP contribution in [-0.2, 0) is 4.79 Å². The highest BCUT2D eigenvalue weighted by molar-refractivity contribution is 9.10. The van der Waals surface area contributed by atoms with Crippen molar-refractivity contribution in [1.29, 1.82) is 0 Å². The van der Waals surface area contributed by atoms with E-state index in [0.29, 0.717) is 16.4 Å². The molecule has 0 aliphatic carbocycles. The van der Waals surface area contributed by atoms with E-state index in [0.717, 1.165) is 21.3 Å². The molecule has 3 rings (SSSR count). The Morgan fingerprint density at radius 1 is 1.20 bits per heavy atom. The van der Waals surface area contributed by atoms with E-state index in [1.54, 1.807) is 24.3 Å². The molecule has 1 N–H and O–H groups in total. The summed E-state index contributed by atoms with van der Waals surface area (Å²) in [5, 5.41) is 3.50. The molecule has 0 saturated carbocycles. The van der Waals surface area contributed by atoms with Crippen molar-refractivity contribution in [2.45, 2.75) is 6.92 Å². The van der Waals surface area contributed by atoms with Crippen LogP contribution in [0.4, 0.5) is 11.4 Å². The predicted molar refractivity (Wildman–Crippen MR) is 85.2 cm³/mol. The van der Waals surface area contributed by atoms with E-state index in [-0.39, 0.29) is 5.91 Å². The highest BCUT2D eigenvalue weighted by atomic mass is 79.9. The summed E-state index contributed by atoms with van der Waals surface area (Å²) in [7, 11) is 0. The van der Waals surface area contributed by atoms with E-state index in [4.69, 9.17) is 11.6 Å². The number of hydrogen-bond acceptors (Lipinski definition) is 2. The average Bonchev–Trinajstić information content (AvgIpc) is 2.70. The van der Waals surface area contributed by atoms with Gasteiger partial charge in [0.1, 0.15) is 5.71 Å². The summed E-state index contributed by atoms with van der Waals surface area (Å²) in [5.41, 5.74) is 3.77. The Morgan fingerprint density at radius 2 is 1.90 bits per heavy atom. The summed E-state index contributed by atoms with van der Waals surface area (Å²) in [6, 6.07) is 10.9. The molecule has 0 spiro atoms. The number of hydrogen-bond donors (Lipinski definition) is 1. The van der Waals surface area contributed by atoms with E-state index in [1.807, 2.05) is 19.1 Å². The summed E-state index contributed by atoms with van der Waals surface area (Å²) in [6.45, 7) is 1.95. The number of rotatable bonds is 1. The molecule has 0 fully saturated rings. The summed E-state index contributed by atoms with van der Waals surface area (Å²) < 4.78 is 0.925. The monoisotopic (exact) mass is 348 g/mol. The molecule has 0 unspecified atom stereocenters. The number of aliphatic imine (C=N–C) groups is 1. The number of nitrogens with zero attached hydrogens (tertiary/aromatic N) is 1. The van der Waals surface area contributed by atoms with E-state index < -0.39 is 0 Å². The quantitative estimate of drug-likeness (QED) is 0.810. The van der Waals surface area contributed by atoms with E-state index in [2.05, 4.69) is 26.2 Å². The number of carbonyl (C=O) groups is 1. The van der Waals surface area contributed by atoms with Crippen LogP contribution >= 0.6 is 27.5 Å². The van der Waals surface area contributed by atoms with Gasteiger partial charge in [0, 0.05) is 15.1 Å². The first kappa shape index (κ1) is 13.3. The van der Waals surface area contributed by atoms with Crippen LogP contribution in [-0.4, -0.2) is 11.6 Å². The van der Waals surface area contributed by atoms with Gasteiger partial charge >= 0.3 is 0 Å². The van der Waals surface area contributed by atoms with Gasteiger partial charge in [-0.3, -0.25) is 4.79 Å². The largest absolute Gasteiger partial charge is 0.320 e. The van der Waals surface area contributed by atoms with E-state index in [9.17, 15) is 4.79 Å². The summed E-state index contributed by atoms with van der Waals surface area (Å²) in [5.74, 6) is -0.184. The molecular formula is C15H10BrClN2O. The lowest BCUT2D eigenvalue weighted by Gasteiger charge is -2.03. The first-order valence-electron chi connectivity index (χ1n) is 6.01. The standard InChI is InChI=1S/C15H10BrClN2O/c1-8-6-9(16)7-12-13(8)19-15(20)14(12)18-11-4-2-10(17)3-5-11/h2-7H,1H3,(H,18,19,20). The van der Waals surface area contributed by atoms with Crippen molar-refractivity contribution in [3.05, 3.63) is 57.0 Å². The molecule has 5 heteroatoms. The molecule has 0 atom stereocenters. The number of nitrogens with one attached hydrogen (secondary N) is 1. The number of anilines is 1. The second-order valence-electron chi connectivity index (χ2n) is 4.54. The minimum Gasteiger partial charge on any atom is -0.320 e. The van der Waals surface area contributed by atoms with Crippen molar-refractivity contribution in [2.75, 3.05) is 5.32 Å². The molecular weight excluding hydrogens is 340 g/mol. The summed E-state index contributed by atoms with van der Waals surface area (Å²) >= 11 is 9.29. The normalized spacial score (nSPS) is 15.3. The van der Waals surface area contributed by atoms with Crippen LogP contribution in [0.2, 0.25) is 5.02 Å². The van der Waals surface area contributed by atoms with E-state index >= 15 is 0 Å². The minimum absolute atomic E-state index is 0.184. The van der Waals surface area contributed by atoms with Gasteiger partial charge in [-0.05, 0) is 48.9 Å². The summed E-state index contributed by atoms with van der Waals surface area (Å²) in [4.78, 5) is 16.5. The Hall–Kier alpha value is -1.65. The number of carbonyl (C=O) groups excluding carboxylic acids is 1. The fraction of sp³-hybridized carbons (Fsp3) is 0.0667. The van der Waals surface area contributed by atoms with Gasteiger partial charge in [0.05, 0.1) is 11.4 Å². The lowest BCUT2D eigenvalue weighted by atomic mass is 10.1. The lowest BCUT2D eigenvalue weighted by molar-refractivity contribution is -0.110. The molecule has 3 nitrogen and oxygen atoms in total. The topological polar surface area (TPSA) is 41.5 Å². The van der Waals surface area contributed by atoms with Crippen LogP contribution < -0.4 is 5.32 Å². The van der Waals surface area contributed by atoms with Crippen LogP contribution in [0, 0.1) is 6.92 Å². The zero-order chi connectivity index (χ0) is 14.3. The number of amides is 1. The van der Waals surface area contributed by atoms with Gasteiger partial charge in [0.2, 0.25) is 0 Å². The van der Waals surface area contributed by atoms with Crippen molar-refractivity contribution in [1.82, 2.24) is 0 Å². The molecule has 2 aromatic rings. The van der Waals surface area contributed by atoms with Crippen molar-refractivity contribution < 1.29 is 4.79 Å². The third kappa shape index (κ3) is 2.37. The molecule has 1 amide bonds. The van der Waals surface area contributed by atoms with Gasteiger partial charge < -0.3 is 5.32 Å². The zero-order valence-corrected chi connectivity index (χ0v) is 12.9. The van der Waals surface area contributed by atoms with Crippen molar-refractivity contribution in [3.8, 4) is 0 Å². The van der Waals surface area contributed by atoms with E-state index in [1.165, 1.54) is 0 Å². The van der Waals surface area contributed by atoms with Crippen molar-refractivity contribution in [3.63, 3.8) is 0 Å². The fourth-order valence-electron chi connectivity index (χ4n) is 2.15. The van der Waals surface area contributed by atoms with Crippen LogP contribution in [0.1, 0.15) is 11.1 Å². The van der Waals surface area contributed by atoms with Gasteiger partial charge in [-0.2, -0.15) is 0 Å². The molecule has 0 saturated heterocycles. The maximum Gasteiger partial charge on any atom is 0.275 e. The van der Waals surface area contributed by atoms with Gasteiger partial charge in [-0.1, -0.05) is 27.5 Å². The Bertz CT molecular complexity index is 738. The van der Waals surface area contributed by atoms with Crippen LogP contribution in [0.5, 0.6) is 0 Å². The van der Waals surface area contributed by atoms with Gasteiger partial charge in [-0.15, -0.1) is 0 Å². The maximum absolute atomic E-state index is 12.1. The van der Waals surface area contributed by atoms with Gasteiger partial charge in [0.15, 0.2) is 0 Å². The van der Waals surface area contributed by atoms with Gasteiger partial charge in [0.25, 0.3) is 5.91 Å². The molecule has 100 valence electrons. The molecule has 0 aromatic heterocycles. The molecule has 1 heterocycles. The van der Waals surface area contributed by atoms with Gasteiger partial charge in [-0.25, -0.2) is 4.99 Å². The second kappa shape index (κ2) is 5.04. The first-order chi connectivity index (χ1) is 9.54. The number of aryl methyl sites for hydroxylation is 1. The molecule has 1 aliphatic rings. The third-order valence-corrected chi connectivity index (χ3v) is 3.79. The maximum atomic E-state index is 12.1. The summed E-state index contributed by atoms with van der Waals surface area (Å²) in [6.07, 6.45) is 0. The Labute approximate surface area is 129 Å². The number of benzene rings is 2. The zero-order valence-electron chi connectivity index (χ0n) is 10.6.